The van der Waals surface area contributed by atoms with Gasteiger partial charge in [-0.15, -0.1) is 0 Å². The van der Waals surface area contributed by atoms with E-state index in [1.807, 2.05) is 27.8 Å². The van der Waals surface area contributed by atoms with Gasteiger partial charge in [-0.2, -0.15) is 5.10 Å². The molecule has 0 N–H and O–H groups in total. The van der Waals surface area contributed by atoms with E-state index in [2.05, 4.69) is 5.10 Å². The van der Waals surface area contributed by atoms with Crippen LogP contribution in [0.1, 0.15) is 28.1 Å². The lowest BCUT2D eigenvalue weighted by Crippen LogP contribution is -2.09. The summed E-state index contributed by atoms with van der Waals surface area (Å²) in [4.78, 5) is 12.2. The maximum absolute atomic E-state index is 13.0. The Kier molecular flexibility index (Phi) is 4.02. The molecule has 0 spiro atoms. The molecule has 0 unspecified atom stereocenters. The van der Waals surface area contributed by atoms with Crippen molar-refractivity contribution in [1.29, 1.82) is 0 Å². The number of benzene rings is 1. The lowest BCUT2D eigenvalue weighted by molar-refractivity contribution is -0.117. The zero-order valence-corrected chi connectivity index (χ0v) is 12.3. The van der Waals surface area contributed by atoms with Gasteiger partial charge in [0.2, 0.25) is 0 Å². The van der Waals surface area contributed by atoms with Crippen LogP contribution in [0.2, 0.25) is 0 Å². The monoisotopic (exact) mass is 274 g/mol. The normalized spacial score (nSPS) is 10.8. The van der Waals surface area contributed by atoms with Gasteiger partial charge in [-0.3, -0.25) is 9.48 Å². The first kappa shape index (κ1) is 14.4. The highest BCUT2D eigenvalue weighted by Crippen LogP contribution is 2.16. The summed E-state index contributed by atoms with van der Waals surface area (Å²) in [6, 6.07) is 4.55. The molecule has 4 heteroatoms. The van der Waals surface area contributed by atoms with Crippen LogP contribution in [0.4, 0.5) is 4.39 Å². The summed E-state index contributed by atoms with van der Waals surface area (Å²) in [5.41, 5.74) is 4.62. The van der Waals surface area contributed by atoms with E-state index in [0.717, 1.165) is 28.1 Å². The molecule has 0 aliphatic carbocycles. The molecular formula is C16H19FN2O. The zero-order valence-electron chi connectivity index (χ0n) is 12.3. The molecule has 0 aliphatic rings. The Labute approximate surface area is 118 Å². The number of carbonyl (C=O) groups is 1. The molecule has 0 bridgehead atoms. The van der Waals surface area contributed by atoms with Crippen LogP contribution in [-0.2, 0) is 24.7 Å². The minimum atomic E-state index is -0.266. The number of aromatic nitrogens is 2. The molecule has 1 heterocycles. The summed E-state index contributed by atoms with van der Waals surface area (Å²) in [5, 5.41) is 4.31. The fourth-order valence-corrected chi connectivity index (χ4v) is 2.40. The second kappa shape index (κ2) is 5.57. The Morgan fingerprint density at radius 1 is 1.25 bits per heavy atom. The van der Waals surface area contributed by atoms with Gasteiger partial charge in [0.1, 0.15) is 11.6 Å². The molecule has 3 nitrogen and oxygen atoms in total. The summed E-state index contributed by atoms with van der Waals surface area (Å²) >= 11 is 0. The minimum Gasteiger partial charge on any atom is -0.299 e. The Balaban J connectivity index is 2.13. The Hall–Kier alpha value is -1.97. The first-order valence-electron chi connectivity index (χ1n) is 6.64. The summed E-state index contributed by atoms with van der Waals surface area (Å²) in [7, 11) is 1.88. The van der Waals surface area contributed by atoms with E-state index in [4.69, 9.17) is 0 Å². The topological polar surface area (TPSA) is 34.9 Å². The Morgan fingerprint density at radius 3 is 2.50 bits per heavy atom. The van der Waals surface area contributed by atoms with Gasteiger partial charge in [-0.1, -0.05) is 6.07 Å². The number of ketones is 1. The molecule has 0 atom stereocenters. The summed E-state index contributed by atoms with van der Waals surface area (Å²) in [5.74, 6) is -0.142. The van der Waals surface area contributed by atoms with Gasteiger partial charge >= 0.3 is 0 Å². The largest absolute Gasteiger partial charge is 0.299 e. The van der Waals surface area contributed by atoms with E-state index in [0.29, 0.717) is 12.8 Å². The van der Waals surface area contributed by atoms with Crippen molar-refractivity contribution in [3.63, 3.8) is 0 Å². The van der Waals surface area contributed by atoms with E-state index in [9.17, 15) is 9.18 Å². The van der Waals surface area contributed by atoms with Crippen LogP contribution in [0, 0.1) is 26.6 Å². The van der Waals surface area contributed by atoms with E-state index in [1.165, 1.54) is 12.1 Å². The van der Waals surface area contributed by atoms with E-state index in [1.54, 1.807) is 10.7 Å². The van der Waals surface area contributed by atoms with Crippen LogP contribution in [0.5, 0.6) is 0 Å². The summed E-state index contributed by atoms with van der Waals surface area (Å²) < 4.78 is 14.8. The fraction of sp³-hybridized carbons (Fsp3) is 0.375. The van der Waals surface area contributed by atoms with Crippen molar-refractivity contribution in [3.05, 3.63) is 52.1 Å². The molecule has 0 saturated carbocycles. The molecule has 0 aliphatic heterocycles. The van der Waals surface area contributed by atoms with Crippen molar-refractivity contribution < 1.29 is 9.18 Å². The number of Topliss-reactive ketones (excluding diaryl/α,β-unsaturated/α-hetero) is 1. The molecule has 0 saturated heterocycles. The van der Waals surface area contributed by atoms with Gasteiger partial charge in [0.25, 0.3) is 0 Å². The maximum atomic E-state index is 13.0. The average Bonchev–Trinajstić information content (AvgIpc) is 2.60. The molecule has 0 amide bonds. The number of aryl methyl sites for hydroxylation is 3. The van der Waals surface area contributed by atoms with Gasteiger partial charge in [0.05, 0.1) is 5.69 Å². The molecule has 0 radical (unpaired) electrons. The molecule has 2 aromatic rings. The molecule has 0 fully saturated rings. The minimum absolute atomic E-state index is 0.124. The number of halogens is 1. The molecule has 1 aromatic carbocycles. The van der Waals surface area contributed by atoms with Gasteiger partial charge in [0, 0.05) is 31.1 Å². The number of nitrogens with zero attached hydrogens (tertiary/aromatic N) is 2. The van der Waals surface area contributed by atoms with Crippen LogP contribution in [0.25, 0.3) is 0 Å². The van der Waals surface area contributed by atoms with Gasteiger partial charge in [0.15, 0.2) is 0 Å². The third kappa shape index (κ3) is 2.95. The summed E-state index contributed by atoms with van der Waals surface area (Å²) in [6.07, 6.45) is 0.711. The lowest BCUT2D eigenvalue weighted by Gasteiger charge is -2.06. The van der Waals surface area contributed by atoms with E-state index < -0.39 is 0 Å². The second-order valence-electron chi connectivity index (χ2n) is 5.24. The lowest BCUT2D eigenvalue weighted by atomic mass is 9.99. The molecule has 106 valence electrons. The first-order valence-corrected chi connectivity index (χ1v) is 6.64. The number of carbonyl (C=O) groups excluding carboxylic acids is 1. The van der Waals surface area contributed by atoms with Crippen molar-refractivity contribution in [2.75, 3.05) is 0 Å². The van der Waals surface area contributed by atoms with Crippen molar-refractivity contribution >= 4 is 5.78 Å². The van der Waals surface area contributed by atoms with Crippen LogP contribution in [0.15, 0.2) is 18.2 Å². The smallest absolute Gasteiger partial charge is 0.141 e. The molecule has 2 rings (SSSR count). The van der Waals surface area contributed by atoms with Crippen molar-refractivity contribution in [2.24, 2.45) is 7.05 Å². The highest BCUT2D eigenvalue weighted by molar-refractivity contribution is 5.83. The highest BCUT2D eigenvalue weighted by Gasteiger charge is 2.14. The van der Waals surface area contributed by atoms with E-state index >= 15 is 0 Å². The number of rotatable bonds is 4. The quantitative estimate of drug-likeness (QED) is 0.859. The predicted octanol–water partition coefficient (Wildman–Crippen LogP) is 2.84. The fourth-order valence-electron chi connectivity index (χ4n) is 2.40. The van der Waals surface area contributed by atoms with Crippen molar-refractivity contribution in [2.45, 2.75) is 33.6 Å². The summed E-state index contributed by atoms with van der Waals surface area (Å²) in [6.45, 7) is 5.71. The van der Waals surface area contributed by atoms with E-state index in [-0.39, 0.29) is 11.6 Å². The maximum Gasteiger partial charge on any atom is 0.141 e. The van der Waals surface area contributed by atoms with Crippen LogP contribution < -0.4 is 0 Å². The van der Waals surface area contributed by atoms with Gasteiger partial charge in [-0.25, -0.2) is 4.39 Å². The highest BCUT2D eigenvalue weighted by atomic mass is 19.1. The standard InChI is InChI=1S/C16H19FN2O/c1-10-7-14(17)6-5-13(10)8-15(20)9-16-11(2)18-19(4)12(16)3/h5-7H,8-9H2,1-4H3. The Bertz CT molecular complexity index is 659. The molecule has 20 heavy (non-hydrogen) atoms. The first-order chi connectivity index (χ1) is 9.38. The van der Waals surface area contributed by atoms with Crippen LogP contribution >= 0.6 is 0 Å². The third-order valence-electron chi connectivity index (χ3n) is 3.73. The zero-order chi connectivity index (χ0) is 14.9. The third-order valence-corrected chi connectivity index (χ3v) is 3.73. The van der Waals surface area contributed by atoms with Gasteiger partial charge in [-0.05, 0) is 44.0 Å². The second-order valence-corrected chi connectivity index (χ2v) is 5.24. The average molecular weight is 274 g/mol. The number of hydrogen-bond donors (Lipinski definition) is 0. The van der Waals surface area contributed by atoms with Gasteiger partial charge < -0.3 is 0 Å². The van der Waals surface area contributed by atoms with Crippen LogP contribution in [0.3, 0.4) is 0 Å². The SMILES string of the molecule is Cc1cc(F)ccc1CC(=O)Cc1c(C)nn(C)c1C. The Morgan fingerprint density at radius 2 is 1.95 bits per heavy atom. The van der Waals surface area contributed by atoms with Crippen LogP contribution in [-0.4, -0.2) is 15.6 Å². The van der Waals surface area contributed by atoms with Crippen molar-refractivity contribution in [3.8, 4) is 0 Å². The number of hydrogen-bond acceptors (Lipinski definition) is 2. The molecular weight excluding hydrogens is 255 g/mol. The van der Waals surface area contributed by atoms with Crippen molar-refractivity contribution in [1.82, 2.24) is 9.78 Å². The molecule has 1 aromatic heterocycles. The predicted molar refractivity (Wildman–Crippen MR) is 76.2 cm³/mol.